The molecule has 1 heterocycles. The van der Waals surface area contributed by atoms with Crippen molar-refractivity contribution in [3.05, 3.63) is 30.1 Å². The molecule has 1 aromatic rings. The molecule has 6 nitrogen and oxygen atoms in total. The van der Waals surface area contributed by atoms with E-state index in [-0.39, 0.29) is 41.7 Å². The Morgan fingerprint density at radius 3 is 2.50 bits per heavy atom. The summed E-state index contributed by atoms with van der Waals surface area (Å²) in [6, 6.07) is 7.09. The van der Waals surface area contributed by atoms with Crippen LogP contribution in [0.15, 0.2) is 29.3 Å². The van der Waals surface area contributed by atoms with E-state index in [1.807, 2.05) is 32.9 Å². The maximum atomic E-state index is 14.0. The number of carbonyl (C=O) groups excluding carboxylic acids is 1. The monoisotopic (exact) mass is 505 g/mol. The van der Waals surface area contributed by atoms with Gasteiger partial charge in [0.1, 0.15) is 5.82 Å². The van der Waals surface area contributed by atoms with Gasteiger partial charge in [-0.1, -0.05) is 19.1 Å². The van der Waals surface area contributed by atoms with Crippen LogP contribution in [0.25, 0.3) is 0 Å². The summed E-state index contributed by atoms with van der Waals surface area (Å²) >= 11 is 0. The van der Waals surface area contributed by atoms with Gasteiger partial charge in [-0.3, -0.25) is 9.79 Å². The van der Waals surface area contributed by atoms with Crippen molar-refractivity contribution in [2.24, 2.45) is 4.99 Å². The third kappa shape index (κ3) is 7.44. The molecule has 8 heteroatoms. The molecule has 1 amide bonds. The van der Waals surface area contributed by atoms with E-state index in [1.54, 1.807) is 6.07 Å². The predicted molar refractivity (Wildman–Crippen MR) is 124 cm³/mol. The molecule has 0 aromatic heterocycles. The summed E-state index contributed by atoms with van der Waals surface area (Å²) in [7, 11) is 0. The Kier molecular flexibility index (Phi) is 11.2. The molecule has 0 saturated carbocycles. The molecule has 0 aliphatic carbocycles. The van der Waals surface area contributed by atoms with Crippen molar-refractivity contribution >= 4 is 41.5 Å². The summed E-state index contributed by atoms with van der Waals surface area (Å²) < 4.78 is 14.0. The zero-order valence-corrected chi connectivity index (χ0v) is 19.4. The minimum Gasteiger partial charge on any atom is -0.366 e. The number of piperazine rings is 1. The number of para-hydroxylation sites is 1. The molecule has 1 atom stereocenters. The van der Waals surface area contributed by atoms with Gasteiger partial charge in [-0.2, -0.15) is 0 Å². The number of rotatable bonds is 7. The van der Waals surface area contributed by atoms with E-state index in [4.69, 9.17) is 0 Å². The van der Waals surface area contributed by atoms with Gasteiger partial charge in [0.25, 0.3) is 0 Å². The molecule has 1 aliphatic heterocycles. The highest BCUT2D eigenvalue weighted by Crippen LogP contribution is 2.20. The van der Waals surface area contributed by atoms with Crippen LogP contribution in [0, 0.1) is 5.82 Å². The lowest BCUT2D eigenvalue weighted by molar-refractivity contribution is -0.121. The van der Waals surface area contributed by atoms with Crippen molar-refractivity contribution in [2.45, 2.75) is 39.7 Å². The maximum absolute atomic E-state index is 14.0. The van der Waals surface area contributed by atoms with Gasteiger partial charge < -0.3 is 20.4 Å². The molecule has 1 fully saturated rings. The van der Waals surface area contributed by atoms with Crippen molar-refractivity contribution in [3.8, 4) is 0 Å². The molecule has 0 bridgehead atoms. The molecule has 158 valence electrons. The lowest BCUT2D eigenvalue weighted by Crippen LogP contribution is -2.52. The topological polar surface area (TPSA) is 60.0 Å². The fraction of sp³-hybridized carbons (Fsp3) is 0.600. The van der Waals surface area contributed by atoms with Gasteiger partial charge in [0.05, 0.1) is 12.2 Å². The fourth-order valence-corrected chi connectivity index (χ4v) is 3.01. The Morgan fingerprint density at radius 2 is 1.89 bits per heavy atom. The van der Waals surface area contributed by atoms with Crippen molar-refractivity contribution in [2.75, 3.05) is 44.2 Å². The quantitative estimate of drug-likeness (QED) is 0.340. The van der Waals surface area contributed by atoms with Crippen molar-refractivity contribution in [1.29, 1.82) is 0 Å². The van der Waals surface area contributed by atoms with E-state index in [0.717, 1.165) is 45.1 Å². The van der Waals surface area contributed by atoms with Crippen molar-refractivity contribution < 1.29 is 9.18 Å². The molecular weight excluding hydrogens is 472 g/mol. The number of nitrogens with zero attached hydrogens (tertiary/aromatic N) is 3. The molecule has 0 radical (unpaired) electrons. The molecular formula is C20H33FIN5O. The lowest BCUT2D eigenvalue weighted by atomic mass is 10.2. The van der Waals surface area contributed by atoms with Gasteiger partial charge in [-0.25, -0.2) is 4.39 Å². The number of nitrogens with one attached hydrogen (secondary N) is 2. The minimum atomic E-state index is -0.182. The summed E-state index contributed by atoms with van der Waals surface area (Å²) in [4.78, 5) is 20.7. The minimum absolute atomic E-state index is 0. The summed E-state index contributed by atoms with van der Waals surface area (Å²) in [5.74, 6) is 0.675. The summed E-state index contributed by atoms with van der Waals surface area (Å²) in [6.45, 7) is 10.3. The number of amides is 1. The molecule has 0 spiro atoms. The van der Waals surface area contributed by atoms with Crippen LogP contribution in [0.3, 0.4) is 0 Å². The van der Waals surface area contributed by atoms with Gasteiger partial charge in [0, 0.05) is 45.2 Å². The number of aliphatic imine (C=N–C) groups is 1. The average Bonchev–Trinajstić information content (AvgIpc) is 2.68. The van der Waals surface area contributed by atoms with Crippen LogP contribution < -0.4 is 15.5 Å². The first kappa shape index (κ1) is 24.5. The number of hydrogen-bond acceptors (Lipinski definition) is 3. The number of halogens is 2. The molecule has 28 heavy (non-hydrogen) atoms. The Labute approximate surface area is 185 Å². The first-order chi connectivity index (χ1) is 13.0. The smallest absolute Gasteiger partial charge is 0.222 e. The second-order valence-corrected chi connectivity index (χ2v) is 6.79. The van der Waals surface area contributed by atoms with E-state index in [2.05, 4.69) is 25.4 Å². The molecule has 1 unspecified atom stereocenters. The molecule has 2 rings (SSSR count). The largest absolute Gasteiger partial charge is 0.366 e. The van der Waals surface area contributed by atoms with Crippen LogP contribution in [-0.2, 0) is 4.79 Å². The Bertz CT molecular complexity index is 635. The Balaban J connectivity index is 0.00000392. The van der Waals surface area contributed by atoms with Gasteiger partial charge in [-0.15, -0.1) is 24.0 Å². The average molecular weight is 505 g/mol. The van der Waals surface area contributed by atoms with E-state index >= 15 is 0 Å². The third-order valence-electron chi connectivity index (χ3n) is 4.73. The van der Waals surface area contributed by atoms with Crippen LogP contribution in [0.4, 0.5) is 10.1 Å². The first-order valence-electron chi connectivity index (χ1n) is 9.87. The van der Waals surface area contributed by atoms with Crippen LogP contribution in [0.2, 0.25) is 0 Å². The standard InChI is InChI=1S/C20H32FN5O.HI/c1-4-16(3)24-19(27)10-11-23-20(22-5-2)26-14-12-25(13-15-26)18-9-7-6-8-17(18)21;/h6-9,16H,4-5,10-15H2,1-3H3,(H,22,23)(H,24,27);1H. The molecule has 1 aromatic carbocycles. The maximum Gasteiger partial charge on any atom is 0.222 e. The number of guanidine groups is 1. The van der Waals surface area contributed by atoms with Gasteiger partial charge in [0.15, 0.2) is 5.96 Å². The summed E-state index contributed by atoms with van der Waals surface area (Å²) in [5.41, 5.74) is 0.654. The third-order valence-corrected chi connectivity index (χ3v) is 4.73. The van der Waals surface area contributed by atoms with Gasteiger partial charge in [0.2, 0.25) is 5.91 Å². The zero-order valence-electron chi connectivity index (χ0n) is 17.1. The van der Waals surface area contributed by atoms with E-state index < -0.39 is 0 Å². The zero-order chi connectivity index (χ0) is 19.6. The van der Waals surface area contributed by atoms with Crippen LogP contribution in [0.1, 0.15) is 33.6 Å². The van der Waals surface area contributed by atoms with Crippen LogP contribution in [-0.4, -0.2) is 62.1 Å². The number of carbonyl (C=O) groups is 1. The molecule has 2 N–H and O–H groups in total. The van der Waals surface area contributed by atoms with Crippen molar-refractivity contribution in [1.82, 2.24) is 15.5 Å². The highest BCUT2D eigenvalue weighted by Gasteiger charge is 2.21. The van der Waals surface area contributed by atoms with E-state index in [0.29, 0.717) is 18.7 Å². The first-order valence-corrected chi connectivity index (χ1v) is 9.87. The highest BCUT2D eigenvalue weighted by molar-refractivity contribution is 14.0. The summed E-state index contributed by atoms with van der Waals surface area (Å²) in [5, 5.41) is 6.26. The van der Waals surface area contributed by atoms with E-state index in [9.17, 15) is 9.18 Å². The fourth-order valence-electron chi connectivity index (χ4n) is 3.01. The van der Waals surface area contributed by atoms with Gasteiger partial charge in [-0.05, 0) is 32.4 Å². The molecule has 1 aliphatic rings. The Morgan fingerprint density at radius 1 is 1.21 bits per heavy atom. The lowest BCUT2D eigenvalue weighted by Gasteiger charge is -2.37. The van der Waals surface area contributed by atoms with Gasteiger partial charge >= 0.3 is 0 Å². The van der Waals surface area contributed by atoms with Crippen LogP contribution in [0.5, 0.6) is 0 Å². The van der Waals surface area contributed by atoms with E-state index in [1.165, 1.54) is 6.07 Å². The summed E-state index contributed by atoms with van der Waals surface area (Å²) in [6.07, 6.45) is 1.30. The predicted octanol–water partition coefficient (Wildman–Crippen LogP) is 2.84. The SMILES string of the molecule is CCNC(=NCCC(=O)NC(C)CC)N1CCN(c2ccccc2F)CC1.I. The second-order valence-electron chi connectivity index (χ2n) is 6.79. The second kappa shape index (κ2) is 12.8. The number of hydrogen-bond donors (Lipinski definition) is 2. The molecule has 1 saturated heterocycles. The van der Waals surface area contributed by atoms with Crippen molar-refractivity contribution in [3.63, 3.8) is 0 Å². The number of anilines is 1. The Hall–Kier alpha value is -1.58. The highest BCUT2D eigenvalue weighted by atomic mass is 127. The normalized spacial score (nSPS) is 15.6. The van der Waals surface area contributed by atoms with Crippen LogP contribution >= 0.6 is 24.0 Å². The number of benzene rings is 1.